The Morgan fingerprint density at radius 3 is 2.62 bits per heavy atom. The average Bonchev–Trinajstić information content (AvgIpc) is 2.97. The van der Waals surface area contributed by atoms with Gasteiger partial charge in [0.05, 0.1) is 7.11 Å². The second kappa shape index (κ2) is 14.9. The van der Waals surface area contributed by atoms with Gasteiger partial charge in [-0.2, -0.15) is 0 Å². The molecule has 0 saturated heterocycles. The van der Waals surface area contributed by atoms with Crippen LogP contribution in [0.4, 0.5) is 0 Å². The van der Waals surface area contributed by atoms with Gasteiger partial charge in [0.1, 0.15) is 5.78 Å². The zero-order valence-electron chi connectivity index (χ0n) is 18.4. The van der Waals surface area contributed by atoms with Crippen molar-refractivity contribution in [2.75, 3.05) is 19.1 Å². The van der Waals surface area contributed by atoms with Crippen LogP contribution >= 0.6 is 0 Å². The summed E-state index contributed by atoms with van der Waals surface area (Å²) in [6.45, 7) is 2.20. The van der Waals surface area contributed by atoms with Crippen LogP contribution in [-0.4, -0.2) is 46.3 Å². The zero-order chi connectivity index (χ0) is 21.6. The van der Waals surface area contributed by atoms with Crippen molar-refractivity contribution in [3.8, 4) is 0 Å². The highest BCUT2D eigenvalue weighted by Crippen LogP contribution is 2.39. The molecule has 5 nitrogen and oxygen atoms in total. The Balaban J connectivity index is 2.52. The van der Waals surface area contributed by atoms with E-state index in [1.54, 1.807) is 6.26 Å². The molecule has 0 radical (unpaired) electrons. The molecule has 168 valence electrons. The molecular weight excluding hydrogens is 388 g/mol. The smallest absolute Gasteiger partial charge is 0.334 e. The molecule has 0 aromatic rings. The Morgan fingerprint density at radius 2 is 1.97 bits per heavy atom. The number of methoxy groups -OCH3 is 1. The van der Waals surface area contributed by atoms with Crippen LogP contribution in [-0.2, 0) is 25.1 Å². The van der Waals surface area contributed by atoms with Crippen molar-refractivity contribution in [2.45, 2.75) is 83.7 Å². The van der Waals surface area contributed by atoms with E-state index in [0.717, 1.165) is 32.1 Å². The quantitative estimate of drug-likeness (QED) is 0.240. The molecule has 0 heterocycles. The van der Waals surface area contributed by atoms with Crippen molar-refractivity contribution in [1.29, 1.82) is 0 Å². The number of aliphatic hydroxyl groups is 1. The van der Waals surface area contributed by atoms with E-state index in [2.05, 4.69) is 23.8 Å². The summed E-state index contributed by atoms with van der Waals surface area (Å²) in [6, 6.07) is 0. The summed E-state index contributed by atoms with van der Waals surface area (Å²) in [5, 5.41) is 9.64. The number of aliphatic hydroxyl groups excluding tert-OH is 1. The molecule has 0 amide bonds. The maximum Gasteiger partial charge on any atom is 0.334 e. The Kier molecular flexibility index (Phi) is 13.4. The molecular formula is C23H40O5S. The molecule has 1 aliphatic rings. The molecule has 1 fully saturated rings. The highest BCUT2D eigenvalue weighted by atomic mass is 32.2. The van der Waals surface area contributed by atoms with Gasteiger partial charge in [0.25, 0.3) is 0 Å². The Bertz CT molecular complexity index is 545. The number of allylic oxidation sites excluding steroid dienone is 2. The lowest BCUT2D eigenvalue weighted by atomic mass is 9.85. The first-order chi connectivity index (χ1) is 13.9. The van der Waals surface area contributed by atoms with E-state index in [0.29, 0.717) is 24.4 Å². The van der Waals surface area contributed by atoms with Crippen LogP contribution in [0.25, 0.3) is 0 Å². The number of unbranched alkanes of at least 4 members (excludes halogenated alkanes) is 6. The molecule has 29 heavy (non-hydrogen) atoms. The summed E-state index contributed by atoms with van der Waals surface area (Å²) in [4.78, 5) is 23.8. The van der Waals surface area contributed by atoms with E-state index in [-0.39, 0.29) is 17.8 Å². The number of ether oxygens (including phenoxy) is 1. The Hall–Kier alpha value is -1.01. The second-order valence-corrected chi connectivity index (χ2v) is 9.79. The van der Waals surface area contributed by atoms with E-state index in [9.17, 15) is 18.9 Å². The molecule has 1 saturated carbocycles. The molecule has 0 bridgehead atoms. The molecule has 0 aliphatic heterocycles. The summed E-state index contributed by atoms with van der Waals surface area (Å²) in [6.07, 6.45) is 15.3. The van der Waals surface area contributed by atoms with Gasteiger partial charge in [0, 0.05) is 35.1 Å². The lowest BCUT2D eigenvalue weighted by Crippen LogP contribution is -2.21. The molecule has 1 rings (SSSR count). The summed E-state index contributed by atoms with van der Waals surface area (Å²) >= 11 is 0. The first-order valence-corrected chi connectivity index (χ1v) is 12.9. The van der Waals surface area contributed by atoms with Gasteiger partial charge in [-0.3, -0.25) is 9.00 Å². The monoisotopic (exact) mass is 428 g/mol. The molecule has 1 N–H and O–H groups in total. The fourth-order valence-electron chi connectivity index (χ4n) is 4.28. The third-order valence-corrected chi connectivity index (χ3v) is 6.78. The second-order valence-electron chi connectivity index (χ2n) is 8.31. The van der Waals surface area contributed by atoms with Gasteiger partial charge in [0.15, 0.2) is 6.10 Å². The van der Waals surface area contributed by atoms with Crippen molar-refractivity contribution in [3.05, 3.63) is 12.2 Å². The third-order valence-electron chi connectivity index (χ3n) is 5.88. The van der Waals surface area contributed by atoms with Crippen molar-refractivity contribution in [3.63, 3.8) is 0 Å². The minimum absolute atomic E-state index is 0.0148. The van der Waals surface area contributed by atoms with Crippen molar-refractivity contribution in [1.82, 2.24) is 0 Å². The molecule has 2 unspecified atom stereocenters. The first-order valence-electron chi connectivity index (χ1n) is 11.2. The SMILES string of the molecule is CCCCCCC=C[C@H]1[C@H](CS(C)=O)CC(=O)[C@@H]1CCCCCC(O)C(=O)OC. The maximum absolute atomic E-state index is 12.6. The number of carbonyl (C=O) groups excluding carboxylic acids is 2. The van der Waals surface area contributed by atoms with Gasteiger partial charge in [-0.25, -0.2) is 4.79 Å². The molecule has 0 spiro atoms. The molecule has 0 aromatic carbocycles. The van der Waals surface area contributed by atoms with Gasteiger partial charge < -0.3 is 9.84 Å². The average molecular weight is 429 g/mol. The Morgan fingerprint density at radius 1 is 1.24 bits per heavy atom. The van der Waals surface area contributed by atoms with Gasteiger partial charge in [-0.15, -0.1) is 0 Å². The van der Waals surface area contributed by atoms with Crippen LogP contribution in [0.1, 0.15) is 77.6 Å². The van der Waals surface area contributed by atoms with Gasteiger partial charge in [-0.05, 0) is 37.5 Å². The standard InChI is InChI=1S/C23H40O5S/c1-4-5-6-7-8-10-13-19-18(17-29(3)27)16-22(25)20(19)14-11-9-12-15-21(24)23(26)28-2/h10,13,18-21,24H,4-9,11-12,14-17H2,1-3H3/t18-,19-,20+,21?,29?/m0/s1. The minimum atomic E-state index is -1.06. The number of Topliss-reactive ketones (excluding diaryl/α,β-unsaturated/α-hetero) is 1. The number of carbonyl (C=O) groups is 2. The molecule has 0 aromatic heterocycles. The summed E-state index contributed by atoms with van der Waals surface area (Å²) in [7, 11) is 0.377. The minimum Gasteiger partial charge on any atom is -0.467 e. The van der Waals surface area contributed by atoms with Crippen LogP contribution in [0.3, 0.4) is 0 Å². The zero-order valence-corrected chi connectivity index (χ0v) is 19.3. The number of ketones is 1. The van der Waals surface area contributed by atoms with Crippen molar-refractivity contribution in [2.24, 2.45) is 17.8 Å². The van der Waals surface area contributed by atoms with Gasteiger partial charge in [0.2, 0.25) is 0 Å². The largest absolute Gasteiger partial charge is 0.467 e. The predicted octanol–water partition coefficient (Wildman–Crippen LogP) is 4.20. The predicted molar refractivity (Wildman–Crippen MR) is 118 cm³/mol. The van der Waals surface area contributed by atoms with Crippen LogP contribution in [0.2, 0.25) is 0 Å². The normalized spacial score (nSPS) is 24.1. The summed E-state index contributed by atoms with van der Waals surface area (Å²) < 4.78 is 16.3. The number of hydrogen-bond donors (Lipinski definition) is 1. The topological polar surface area (TPSA) is 80.7 Å². The fraction of sp³-hybridized carbons (Fsp3) is 0.826. The van der Waals surface area contributed by atoms with Gasteiger partial charge >= 0.3 is 5.97 Å². The van der Waals surface area contributed by atoms with Gasteiger partial charge in [-0.1, -0.05) is 57.6 Å². The van der Waals surface area contributed by atoms with Crippen molar-refractivity contribution >= 4 is 22.6 Å². The van der Waals surface area contributed by atoms with E-state index in [4.69, 9.17) is 0 Å². The summed E-state index contributed by atoms with van der Waals surface area (Å²) in [5.74, 6) is 0.704. The van der Waals surface area contributed by atoms with E-state index in [1.165, 1.54) is 32.8 Å². The van der Waals surface area contributed by atoms with E-state index in [1.807, 2.05) is 0 Å². The molecule has 5 atom stereocenters. The third kappa shape index (κ3) is 10.0. The van der Waals surface area contributed by atoms with Crippen LogP contribution in [0.5, 0.6) is 0 Å². The van der Waals surface area contributed by atoms with Crippen LogP contribution < -0.4 is 0 Å². The van der Waals surface area contributed by atoms with Crippen LogP contribution in [0, 0.1) is 17.8 Å². The molecule has 6 heteroatoms. The van der Waals surface area contributed by atoms with E-state index >= 15 is 0 Å². The summed E-state index contributed by atoms with van der Waals surface area (Å²) in [5.41, 5.74) is 0. The lowest BCUT2D eigenvalue weighted by Gasteiger charge is -2.20. The highest BCUT2D eigenvalue weighted by Gasteiger charge is 2.40. The fourth-order valence-corrected chi connectivity index (χ4v) is 5.22. The number of rotatable bonds is 15. The van der Waals surface area contributed by atoms with Crippen LogP contribution in [0.15, 0.2) is 12.2 Å². The highest BCUT2D eigenvalue weighted by molar-refractivity contribution is 7.84. The lowest BCUT2D eigenvalue weighted by molar-refractivity contribution is -0.150. The van der Waals surface area contributed by atoms with Crippen molar-refractivity contribution < 1.29 is 23.6 Å². The number of hydrogen-bond acceptors (Lipinski definition) is 5. The van der Waals surface area contributed by atoms with E-state index < -0.39 is 22.9 Å². The molecule has 1 aliphatic carbocycles. The first kappa shape index (κ1) is 26.0. The maximum atomic E-state index is 12.6. The number of esters is 1. The Labute approximate surface area is 179 Å².